The van der Waals surface area contributed by atoms with Crippen LogP contribution in [0.15, 0.2) is 35.2 Å². The maximum atomic E-state index is 13.8. The first-order valence-electron chi connectivity index (χ1n) is 8.17. The number of aliphatic imine (C=N–C) groups is 1. The summed E-state index contributed by atoms with van der Waals surface area (Å²) < 4.78 is 54.5. The van der Waals surface area contributed by atoms with Crippen LogP contribution in [0.25, 0.3) is 0 Å². The number of amides is 2. The third-order valence-corrected chi connectivity index (χ3v) is 3.69. The molecule has 1 unspecified atom stereocenters. The summed E-state index contributed by atoms with van der Waals surface area (Å²) in [6.07, 6.45) is -2.09. The molecule has 152 valence electrons. The molecule has 7 nitrogen and oxygen atoms in total. The molecule has 0 spiro atoms. The molecule has 11 heteroatoms. The molecular formula is C17H18F4N4O3. The van der Waals surface area contributed by atoms with Gasteiger partial charge in [0.15, 0.2) is 5.54 Å². The van der Waals surface area contributed by atoms with Crippen LogP contribution in [-0.4, -0.2) is 29.9 Å². The molecule has 0 aromatic heterocycles. The second kappa shape index (κ2) is 8.28. The Bertz CT molecular complexity index is 823. The van der Waals surface area contributed by atoms with Crippen molar-refractivity contribution in [2.24, 2.45) is 4.99 Å². The average Bonchev–Trinajstić information content (AvgIpc) is 2.60. The lowest BCUT2D eigenvalue weighted by Crippen LogP contribution is -2.58. The van der Waals surface area contributed by atoms with Gasteiger partial charge in [0.2, 0.25) is 5.91 Å². The molecule has 28 heavy (non-hydrogen) atoms. The van der Waals surface area contributed by atoms with Gasteiger partial charge in [0.05, 0.1) is 6.20 Å². The van der Waals surface area contributed by atoms with Gasteiger partial charge in [-0.25, -0.2) is 4.39 Å². The molecule has 1 aliphatic heterocycles. The molecule has 2 amide bonds. The van der Waals surface area contributed by atoms with E-state index in [4.69, 9.17) is 0 Å². The monoisotopic (exact) mass is 402 g/mol. The minimum absolute atomic E-state index is 0.193. The van der Waals surface area contributed by atoms with Crippen LogP contribution in [0.1, 0.15) is 25.8 Å². The number of benzene rings is 1. The molecule has 1 atom stereocenters. The number of ether oxygens (including phenoxy) is 1. The fourth-order valence-corrected chi connectivity index (χ4v) is 2.27. The zero-order valence-electron chi connectivity index (χ0n) is 15.0. The normalized spacial score (nSPS) is 18.7. The van der Waals surface area contributed by atoms with Crippen LogP contribution in [0, 0.1) is 5.82 Å². The van der Waals surface area contributed by atoms with Crippen molar-refractivity contribution in [2.45, 2.75) is 38.7 Å². The van der Waals surface area contributed by atoms with Gasteiger partial charge in [-0.15, -0.1) is 13.2 Å². The predicted molar refractivity (Wildman–Crippen MR) is 91.5 cm³/mol. The first-order valence-corrected chi connectivity index (χ1v) is 8.17. The van der Waals surface area contributed by atoms with Gasteiger partial charge < -0.3 is 20.7 Å². The molecule has 1 aromatic rings. The maximum Gasteiger partial charge on any atom is 0.573 e. The highest BCUT2D eigenvalue weighted by Crippen LogP contribution is 2.24. The summed E-state index contributed by atoms with van der Waals surface area (Å²) in [5, 5.41) is 7.73. The molecular weight excluding hydrogens is 384 g/mol. The quantitative estimate of drug-likeness (QED) is 0.636. The van der Waals surface area contributed by atoms with Crippen molar-refractivity contribution in [3.8, 4) is 5.75 Å². The van der Waals surface area contributed by atoms with Crippen LogP contribution in [0.3, 0.4) is 0 Å². The number of alkyl halides is 3. The number of hydrogen-bond donors (Lipinski definition) is 3. The maximum absolute atomic E-state index is 13.8. The van der Waals surface area contributed by atoms with E-state index in [1.165, 1.54) is 19.3 Å². The van der Waals surface area contributed by atoms with E-state index in [0.29, 0.717) is 0 Å². The van der Waals surface area contributed by atoms with Crippen molar-refractivity contribution < 1.29 is 31.9 Å². The Morgan fingerprint density at radius 2 is 2.04 bits per heavy atom. The van der Waals surface area contributed by atoms with Crippen LogP contribution in [0.5, 0.6) is 5.75 Å². The molecule has 0 radical (unpaired) electrons. The fourth-order valence-electron chi connectivity index (χ4n) is 2.27. The zero-order chi connectivity index (χ0) is 20.9. The highest BCUT2D eigenvalue weighted by atomic mass is 19.4. The Morgan fingerprint density at radius 3 is 2.68 bits per heavy atom. The van der Waals surface area contributed by atoms with Gasteiger partial charge in [-0.1, -0.05) is 6.92 Å². The molecule has 1 aliphatic rings. The molecule has 0 saturated carbocycles. The van der Waals surface area contributed by atoms with Gasteiger partial charge >= 0.3 is 6.36 Å². The summed E-state index contributed by atoms with van der Waals surface area (Å²) in [5.41, 5.74) is -1.55. The van der Waals surface area contributed by atoms with Gasteiger partial charge in [-0.05, 0) is 25.1 Å². The lowest BCUT2D eigenvalue weighted by molar-refractivity contribution is -0.274. The molecule has 0 aliphatic carbocycles. The Morgan fingerprint density at radius 1 is 1.32 bits per heavy atom. The average molecular weight is 402 g/mol. The summed E-state index contributed by atoms with van der Waals surface area (Å²) in [7, 11) is 0. The first kappa shape index (κ1) is 21.2. The van der Waals surface area contributed by atoms with Gasteiger partial charge in [0, 0.05) is 24.7 Å². The fraction of sp³-hybridized carbons (Fsp3) is 0.353. The largest absolute Gasteiger partial charge is 0.573 e. The van der Waals surface area contributed by atoms with Gasteiger partial charge in [-0.3, -0.25) is 14.6 Å². The Hall–Kier alpha value is -3.11. The molecule has 3 N–H and O–H groups in total. The molecule has 0 bridgehead atoms. The van der Waals surface area contributed by atoms with Crippen molar-refractivity contribution in [2.75, 3.05) is 0 Å². The minimum Gasteiger partial charge on any atom is -0.406 e. The minimum atomic E-state index is -4.92. The van der Waals surface area contributed by atoms with E-state index in [1.54, 1.807) is 6.92 Å². The second-order valence-corrected chi connectivity index (χ2v) is 6.03. The van der Waals surface area contributed by atoms with Gasteiger partial charge in [0.25, 0.3) is 5.91 Å². The summed E-state index contributed by atoms with van der Waals surface area (Å²) in [6.45, 7) is 2.74. The van der Waals surface area contributed by atoms with E-state index in [9.17, 15) is 27.2 Å². The van der Waals surface area contributed by atoms with Crippen molar-refractivity contribution in [3.63, 3.8) is 0 Å². The van der Waals surface area contributed by atoms with E-state index < -0.39 is 29.4 Å². The van der Waals surface area contributed by atoms with E-state index in [2.05, 4.69) is 25.7 Å². The van der Waals surface area contributed by atoms with E-state index >= 15 is 0 Å². The number of rotatable bonds is 6. The second-order valence-electron chi connectivity index (χ2n) is 6.03. The lowest BCUT2D eigenvalue weighted by atomic mass is 10.0. The topological polar surface area (TPSA) is 91.8 Å². The lowest BCUT2D eigenvalue weighted by Gasteiger charge is -2.30. The van der Waals surface area contributed by atoms with E-state index in [0.717, 1.165) is 18.2 Å². The van der Waals surface area contributed by atoms with E-state index in [1.807, 2.05) is 0 Å². The van der Waals surface area contributed by atoms with Crippen LogP contribution in [0.4, 0.5) is 17.6 Å². The molecule has 0 fully saturated rings. The first-order chi connectivity index (χ1) is 13.0. The van der Waals surface area contributed by atoms with Crippen molar-refractivity contribution in [1.29, 1.82) is 0 Å². The van der Waals surface area contributed by atoms with Crippen LogP contribution < -0.4 is 20.7 Å². The number of nitrogens with one attached hydrogen (secondary N) is 3. The van der Waals surface area contributed by atoms with Crippen LogP contribution >= 0.6 is 0 Å². The SMILES string of the molecule is CCC(=O)NC1=CN=CC(C)(C(=O)NCc2cc(OC(F)(F)F)ccc2F)N1. The Kier molecular flexibility index (Phi) is 6.26. The van der Waals surface area contributed by atoms with Crippen LogP contribution in [-0.2, 0) is 16.1 Å². The molecule has 0 saturated heterocycles. The number of nitrogens with zero attached hydrogens (tertiary/aromatic N) is 1. The van der Waals surface area contributed by atoms with Gasteiger partial charge in [-0.2, -0.15) is 0 Å². The van der Waals surface area contributed by atoms with Crippen molar-refractivity contribution >= 4 is 18.0 Å². The molecule has 2 rings (SSSR count). The summed E-state index contributed by atoms with van der Waals surface area (Å²) in [4.78, 5) is 27.8. The summed E-state index contributed by atoms with van der Waals surface area (Å²) >= 11 is 0. The highest BCUT2D eigenvalue weighted by molar-refractivity contribution is 6.03. The van der Waals surface area contributed by atoms with Gasteiger partial charge in [0.1, 0.15) is 17.4 Å². The zero-order valence-corrected chi connectivity index (χ0v) is 15.0. The van der Waals surface area contributed by atoms with E-state index in [-0.39, 0.29) is 30.3 Å². The predicted octanol–water partition coefficient (Wildman–Crippen LogP) is 2.10. The highest BCUT2D eigenvalue weighted by Gasteiger charge is 2.34. The Labute approximate surface area is 157 Å². The number of halogens is 4. The third kappa shape index (κ3) is 5.69. The number of hydrogen-bond acceptors (Lipinski definition) is 5. The number of carbonyl (C=O) groups is 2. The molecule has 1 aromatic carbocycles. The third-order valence-electron chi connectivity index (χ3n) is 3.69. The Balaban J connectivity index is 2.04. The smallest absolute Gasteiger partial charge is 0.406 e. The summed E-state index contributed by atoms with van der Waals surface area (Å²) in [6, 6.07) is 2.49. The number of carbonyl (C=O) groups excluding carboxylic acids is 2. The van der Waals surface area contributed by atoms with Crippen molar-refractivity contribution in [3.05, 3.63) is 41.6 Å². The van der Waals surface area contributed by atoms with Crippen molar-refractivity contribution in [1.82, 2.24) is 16.0 Å². The standard InChI is InChI=1S/C17H18F4N4O3/c1-3-14(26)24-13-8-22-9-16(2,25-13)15(27)23-7-10-6-11(4-5-12(10)18)28-17(19,20)21/h4-6,8-9,25H,3,7H2,1-2H3,(H,23,27)(H,24,26). The van der Waals surface area contributed by atoms with Crippen LogP contribution in [0.2, 0.25) is 0 Å². The summed E-state index contributed by atoms with van der Waals surface area (Å²) in [5.74, 6) is -2.12. The molecule has 1 heterocycles.